The second-order valence-corrected chi connectivity index (χ2v) is 14.6. The molecule has 10 unspecified atom stereocenters. The normalized spacial score (nSPS) is 41.6. The van der Waals surface area contributed by atoms with Gasteiger partial charge in [0.15, 0.2) is 0 Å². The van der Waals surface area contributed by atoms with Crippen molar-refractivity contribution in [3.8, 4) is 0 Å². The average Bonchev–Trinajstić information content (AvgIpc) is 3.05. The molecule has 5 rings (SSSR count). The Hall–Kier alpha value is -2.48. The molecule has 0 aromatic heterocycles. The first-order valence-electron chi connectivity index (χ1n) is 15.6. The average molecular weight is 579 g/mol. The lowest BCUT2D eigenvalue weighted by Crippen LogP contribution is -2.59. The molecule has 0 spiro atoms. The number of ether oxygens (including phenoxy) is 1. The molecule has 4 aliphatic rings. The summed E-state index contributed by atoms with van der Waals surface area (Å²) in [5, 5.41) is 26.3. The molecule has 42 heavy (non-hydrogen) atoms. The first-order chi connectivity index (χ1) is 19.7. The third kappa shape index (κ3) is 4.76. The maximum atomic E-state index is 13.1. The number of hydrogen-bond acceptors (Lipinski definition) is 6. The number of hydrogen-bond donors (Lipinski definition) is 3. The van der Waals surface area contributed by atoms with Gasteiger partial charge in [-0.05, 0) is 75.6 Å². The Labute approximate surface area is 251 Å². The fraction of sp³-hybridized carbons (Fsp3) is 0.657. The predicted octanol–water partition coefficient (Wildman–Crippen LogP) is 4.75. The van der Waals surface area contributed by atoms with Crippen LogP contribution in [0.4, 0.5) is 0 Å². The van der Waals surface area contributed by atoms with Crippen molar-refractivity contribution in [2.45, 2.75) is 90.5 Å². The number of esters is 1. The molecule has 7 heteroatoms. The summed E-state index contributed by atoms with van der Waals surface area (Å²) in [5.74, 6) is -0.273. The lowest BCUT2D eigenvalue weighted by atomic mass is 9.51. The van der Waals surface area contributed by atoms with Crippen molar-refractivity contribution in [3.63, 3.8) is 0 Å². The lowest BCUT2D eigenvalue weighted by Gasteiger charge is -2.54. The van der Waals surface area contributed by atoms with E-state index in [9.17, 15) is 19.8 Å². The topological polar surface area (TPSA) is 99.1 Å². The van der Waals surface area contributed by atoms with Crippen LogP contribution in [-0.2, 0) is 9.53 Å². The highest BCUT2D eigenvalue weighted by Crippen LogP contribution is 2.69. The standard InChI is InChI=1S/C35H50N2O5/c1-22(37(6)7)30-27(42-23(2)39)20-34(5)26-13-14-28-32(3,21-38)29(36-31(40)24-11-9-8-10-12-24)16-18-35(28,41)19-25(26)15-17-33(30,34)4/h8-12,15-16,18,22,26-30,38,41H,13-14,17,19-21H2,1-7H3,(H,36,40). The first kappa shape index (κ1) is 31.0. The molecule has 0 saturated heterocycles. The number of amides is 1. The van der Waals surface area contributed by atoms with Crippen molar-refractivity contribution in [1.82, 2.24) is 10.2 Å². The summed E-state index contributed by atoms with van der Waals surface area (Å²) >= 11 is 0. The van der Waals surface area contributed by atoms with E-state index in [1.54, 1.807) is 12.1 Å². The molecule has 230 valence electrons. The highest BCUT2D eigenvalue weighted by Gasteiger charge is 2.66. The number of carbonyl (C=O) groups excluding carboxylic acids is 2. The van der Waals surface area contributed by atoms with Gasteiger partial charge in [0.2, 0.25) is 0 Å². The maximum Gasteiger partial charge on any atom is 0.302 e. The molecule has 2 saturated carbocycles. The third-order valence-electron chi connectivity index (χ3n) is 12.3. The summed E-state index contributed by atoms with van der Waals surface area (Å²) in [6.07, 6.45) is 9.72. The van der Waals surface area contributed by atoms with E-state index in [4.69, 9.17) is 4.74 Å². The van der Waals surface area contributed by atoms with Crippen LogP contribution in [-0.4, -0.2) is 71.5 Å². The van der Waals surface area contributed by atoms with Crippen LogP contribution in [0, 0.1) is 34.0 Å². The summed E-state index contributed by atoms with van der Waals surface area (Å²) in [6.45, 7) is 10.4. The van der Waals surface area contributed by atoms with Gasteiger partial charge in [-0.2, -0.15) is 0 Å². The van der Waals surface area contributed by atoms with E-state index in [0.717, 1.165) is 25.7 Å². The molecule has 0 bridgehead atoms. The molecule has 0 aliphatic heterocycles. The van der Waals surface area contributed by atoms with Gasteiger partial charge >= 0.3 is 5.97 Å². The van der Waals surface area contributed by atoms with E-state index in [1.807, 2.05) is 37.3 Å². The smallest absolute Gasteiger partial charge is 0.302 e. The molecule has 1 amide bonds. The number of fused-ring (bicyclic) bond motifs is 4. The number of allylic oxidation sites excluding steroid dienone is 1. The number of benzene rings is 1. The second-order valence-electron chi connectivity index (χ2n) is 14.6. The minimum absolute atomic E-state index is 0.0918. The largest absolute Gasteiger partial charge is 0.462 e. The van der Waals surface area contributed by atoms with E-state index in [-0.39, 0.29) is 59.2 Å². The van der Waals surface area contributed by atoms with Gasteiger partial charge in [0, 0.05) is 42.2 Å². The van der Waals surface area contributed by atoms with Crippen molar-refractivity contribution in [2.75, 3.05) is 20.7 Å². The zero-order valence-electron chi connectivity index (χ0n) is 26.4. The number of aliphatic hydroxyl groups is 2. The van der Waals surface area contributed by atoms with E-state index >= 15 is 0 Å². The zero-order valence-corrected chi connectivity index (χ0v) is 26.4. The van der Waals surface area contributed by atoms with Gasteiger partial charge in [-0.25, -0.2) is 0 Å². The van der Waals surface area contributed by atoms with Crippen molar-refractivity contribution in [3.05, 3.63) is 59.7 Å². The molecule has 10 atom stereocenters. The van der Waals surface area contributed by atoms with Crippen LogP contribution >= 0.6 is 0 Å². The van der Waals surface area contributed by atoms with Gasteiger partial charge < -0.3 is 25.2 Å². The quantitative estimate of drug-likeness (QED) is 0.333. The molecule has 3 N–H and O–H groups in total. The van der Waals surface area contributed by atoms with Crippen molar-refractivity contribution >= 4 is 11.9 Å². The molecule has 0 radical (unpaired) electrons. The van der Waals surface area contributed by atoms with Gasteiger partial charge in [-0.15, -0.1) is 0 Å². The van der Waals surface area contributed by atoms with E-state index in [1.165, 1.54) is 12.5 Å². The van der Waals surface area contributed by atoms with Gasteiger partial charge in [0.05, 0.1) is 18.2 Å². The summed E-state index contributed by atoms with van der Waals surface area (Å²) in [7, 11) is 4.19. The summed E-state index contributed by atoms with van der Waals surface area (Å²) in [6, 6.07) is 8.92. The van der Waals surface area contributed by atoms with Crippen LogP contribution in [0.5, 0.6) is 0 Å². The van der Waals surface area contributed by atoms with Crippen molar-refractivity contribution in [1.29, 1.82) is 0 Å². The van der Waals surface area contributed by atoms with E-state index < -0.39 is 17.1 Å². The van der Waals surface area contributed by atoms with Crippen LogP contribution in [0.15, 0.2) is 54.1 Å². The van der Waals surface area contributed by atoms with Gasteiger partial charge in [0.1, 0.15) is 6.10 Å². The molecule has 0 heterocycles. The molecule has 4 aliphatic carbocycles. The summed E-state index contributed by atoms with van der Waals surface area (Å²) in [5.41, 5.74) is -0.246. The number of nitrogens with one attached hydrogen (secondary N) is 1. The Kier molecular flexibility index (Phi) is 8.04. The second kappa shape index (κ2) is 10.9. The van der Waals surface area contributed by atoms with Crippen LogP contribution in [0.3, 0.4) is 0 Å². The summed E-state index contributed by atoms with van der Waals surface area (Å²) in [4.78, 5) is 27.6. The lowest BCUT2D eigenvalue weighted by molar-refractivity contribution is -0.150. The Morgan fingerprint density at radius 2 is 1.81 bits per heavy atom. The fourth-order valence-electron chi connectivity index (χ4n) is 9.61. The third-order valence-corrected chi connectivity index (χ3v) is 12.3. The van der Waals surface area contributed by atoms with Crippen molar-refractivity contribution < 1.29 is 24.5 Å². The van der Waals surface area contributed by atoms with Gasteiger partial charge in [-0.1, -0.05) is 62.8 Å². The minimum Gasteiger partial charge on any atom is -0.462 e. The van der Waals surface area contributed by atoms with Crippen LogP contribution in [0.1, 0.15) is 77.1 Å². The fourth-order valence-corrected chi connectivity index (χ4v) is 9.61. The predicted molar refractivity (Wildman–Crippen MR) is 164 cm³/mol. The summed E-state index contributed by atoms with van der Waals surface area (Å²) < 4.78 is 6.06. The zero-order chi connectivity index (χ0) is 30.7. The van der Waals surface area contributed by atoms with Crippen LogP contribution < -0.4 is 5.32 Å². The Balaban J connectivity index is 1.48. The maximum absolute atomic E-state index is 13.1. The van der Waals surface area contributed by atoms with Gasteiger partial charge in [0.25, 0.3) is 5.91 Å². The highest BCUT2D eigenvalue weighted by atomic mass is 16.5. The Bertz CT molecular complexity index is 1260. The van der Waals surface area contributed by atoms with Crippen LogP contribution in [0.2, 0.25) is 0 Å². The first-order valence-corrected chi connectivity index (χ1v) is 15.6. The Morgan fingerprint density at radius 1 is 1.12 bits per heavy atom. The monoisotopic (exact) mass is 578 g/mol. The molecule has 1 aromatic carbocycles. The van der Waals surface area contributed by atoms with Crippen LogP contribution in [0.25, 0.3) is 0 Å². The molecule has 2 fully saturated rings. The minimum atomic E-state index is -1.12. The number of nitrogens with zero attached hydrogens (tertiary/aromatic N) is 1. The van der Waals surface area contributed by atoms with Crippen molar-refractivity contribution in [2.24, 2.45) is 34.0 Å². The molecular formula is C35H50N2O5. The molecule has 1 aromatic rings. The van der Waals surface area contributed by atoms with E-state index in [0.29, 0.717) is 12.0 Å². The van der Waals surface area contributed by atoms with Gasteiger partial charge in [-0.3, -0.25) is 9.59 Å². The number of rotatable bonds is 6. The number of aliphatic hydroxyl groups excluding tert-OH is 1. The highest BCUT2D eigenvalue weighted by molar-refractivity contribution is 5.94. The van der Waals surface area contributed by atoms with E-state index in [2.05, 4.69) is 51.2 Å². The molecular weight excluding hydrogens is 528 g/mol. The SMILES string of the molecule is CC(=O)OC1CC2(C)C3CCC4C(O)(C=CC(NC(=O)c5ccccc5)C4(C)CO)CC3=CCC2(C)C1C(C)N(C)C. The molecule has 7 nitrogen and oxygen atoms in total. The number of carbonyl (C=O) groups is 2. The Morgan fingerprint density at radius 3 is 2.43 bits per heavy atom.